The number of pyridine rings is 1. The van der Waals surface area contributed by atoms with Gasteiger partial charge < -0.3 is 10.4 Å². The monoisotopic (exact) mass is 354 g/mol. The van der Waals surface area contributed by atoms with Gasteiger partial charge in [0.05, 0.1) is 17.1 Å². The van der Waals surface area contributed by atoms with Gasteiger partial charge in [-0.15, -0.1) is 0 Å². The average molecular weight is 355 g/mol. The number of fused-ring (bicyclic) bond motifs is 1. The van der Waals surface area contributed by atoms with Crippen LogP contribution in [0, 0.1) is 0 Å². The molecule has 2 aromatic carbocycles. The quantitative estimate of drug-likeness (QED) is 0.740. The molecule has 25 heavy (non-hydrogen) atoms. The van der Waals surface area contributed by atoms with Crippen molar-refractivity contribution in [2.24, 2.45) is 0 Å². The van der Waals surface area contributed by atoms with E-state index in [-0.39, 0.29) is 17.5 Å². The number of carbonyl (C=O) groups excluding carboxylic acids is 1. The molecular weight excluding hydrogens is 340 g/mol. The minimum Gasteiger partial charge on any atom is -0.478 e. The first-order valence-electron chi connectivity index (χ1n) is 7.64. The van der Waals surface area contributed by atoms with Gasteiger partial charge in [0.1, 0.15) is 5.69 Å². The number of aromatic nitrogens is 1. The van der Waals surface area contributed by atoms with Crippen molar-refractivity contribution in [2.75, 3.05) is 0 Å². The van der Waals surface area contributed by atoms with Crippen LogP contribution < -0.4 is 5.32 Å². The van der Waals surface area contributed by atoms with Crippen LogP contribution in [-0.4, -0.2) is 22.0 Å². The third-order valence-corrected chi connectivity index (χ3v) is 4.13. The van der Waals surface area contributed by atoms with E-state index in [1.54, 1.807) is 30.3 Å². The van der Waals surface area contributed by atoms with E-state index in [2.05, 4.69) is 10.3 Å². The van der Waals surface area contributed by atoms with Gasteiger partial charge in [0.2, 0.25) is 0 Å². The first kappa shape index (κ1) is 16.9. The highest BCUT2D eigenvalue weighted by Crippen LogP contribution is 2.19. The number of nitrogens with zero attached hydrogens (tertiary/aromatic N) is 1. The molecule has 1 amide bonds. The van der Waals surface area contributed by atoms with Crippen LogP contribution in [0.3, 0.4) is 0 Å². The molecule has 3 rings (SSSR count). The first-order valence-corrected chi connectivity index (χ1v) is 8.02. The van der Waals surface area contributed by atoms with Gasteiger partial charge in [0.25, 0.3) is 5.91 Å². The summed E-state index contributed by atoms with van der Waals surface area (Å²) in [5.74, 6) is -1.29. The van der Waals surface area contributed by atoms with Crippen molar-refractivity contribution in [1.29, 1.82) is 0 Å². The van der Waals surface area contributed by atoms with E-state index in [4.69, 9.17) is 16.7 Å². The smallest absolute Gasteiger partial charge is 0.335 e. The summed E-state index contributed by atoms with van der Waals surface area (Å²) in [5.41, 5.74) is 1.96. The van der Waals surface area contributed by atoms with E-state index in [1.165, 1.54) is 12.1 Å². The summed E-state index contributed by atoms with van der Waals surface area (Å²) in [5, 5.41) is 13.2. The normalized spacial score (nSPS) is 11.9. The molecule has 1 heterocycles. The van der Waals surface area contributed by atoms with Crippen LogP contribution in [-0.2, 0) is 0 Å². The highest BCUT2D eigenvalue weighted by molar-refractivity contribution is 6.31. The Labute approximate surface area is 149 Å². The Morgan fingerprint density at radius 2 is 1.76 bits per heavy atom. The first-order chi connectivity index (χ1) is 11.9. The molecule has 0 radical (unpaired) electrons. The van der Waals surface area contributed by atoms with Gasteiger partial charge in [-0.3, -0.25) is 4.79 Å². The van der Waals surface area contributed by atoms with Crippen molar-refractivity contribution in [3.8, 4) is 0 Å². The number of carbonyl (C=O) groups is 2. The molecule has 0 bridgehead atoms. The van der Waals surface area contributed by atoms with Crippen molar-refractivity contribution in [1.82, 2.24) is 10.3 Å². The molecular formula is C19H15ClN2O3. The molecule has 6 heteroatoms. The summed E-state index contributed by atoms with van der Waals surface area (Å²) in [6, 6.07) is 14.9. The van der Waals surface area contributed by atoms with Gasteiger partial charge in [0, 0.05) is 10.4 Å². The molecule has 1 aromatic heterocycles. The lowest BCUT2D eigenvalue weighted by molar-refractivity contribution is 0.0696. The Morgan fingerprint density at radius 3 is 2.44 bits per heavy atom. The summed E-state index contributed by atoms with van der Waals surface area (Å²) in [4.78, 5) is 27.7. The molecule has 3 aromatic rings. The maximum Gasteiger partial charge on any atom is 0.335 e. The fourth-order valence-corrected chi connectivity index (χ4v) is 2.65. The second kappa shape index (κ2) is 6.91. The van der Waals surface area contributed by atoms with Gasteiger partial charge in [-0.05, 0) is 42.8 Å². The molecule has 1 atom stereocenters. The Hall–Kier alpha value is -2.92. The van der Waals surface area contributed by atoms with E-state index < -0.39 is 5.97 Å². The van der Waals surface area contributed by atoms with Crippen LogP contribution in [0.15, 0.2) is 54.6 Å². The van der Waals surface area contributed by atoms with Crippen molar-refractivity contribution < 1.29 is 14.7 Å². The zero-order valence-corrected chi connectivity index (χ0v) is 14.1. The highest BCUT2D eigenvalue weighted by Gasteiger charge is 2.14. The number of carboxylic acid groups (broad SMARTS) is 1. The van der Waals surface area contributed by atoms with Crippen molar-refractivity contribution in [3.63, 3.8) is 0 Å². The number of benzene rings is 2. The zero-order chi connectivity index (χ0) is 18.0. The van der Waals surface area contributed by atoms with Crippen molar-refractivity contribution in [3.05, 3.63) is 76.4 Å². The number of amides is 1. The molecule has 2 N–H and O–H groups in total. The molecule has 0 aliphatic rings. The van der Waals surface area contributed by atoms with Crippen LogP contribution in [0.1, 0.15) is 39.4 Å². The predicted molar refractivity (Wildman–Crippen MR) is 96.0 cm³/mol. The molecule has 0 saturated carbocycles. The Kier molecular flexibility index (Phi) is 4.67. The minimum absolute atomic E-state index is 0.204. The summed E-state index contributed by atoms with van der Waals surface area (Å²) < 4.78 is 0. The zero-order valence-electron chi connectivity index (χ0n) is 13.4. The topological polar surface area (TPSA) is 79.3 Å². The number of carboxylic acids is 1. The molecule has 0 aliphatic heterocycles. The number of rotatable bonds is 4. The Balaban J connectivity index is 1.77. The molecule has 0 unspecified atom stereocenters. The van der Waals surface area contributed by atoms with Gasteiger partial charge in [0.15, 0.2) is 0 Å². The number of hydrogen-bond donors (Lipinski definition) is 2. The summed E-state index contributed by atoms with van der Waals surface area (Å²) in [6.45, 7) is 1.82. The lowest BCUT2D eigenvalue weighted by atomic mass is 10.1. The van der Waals surface area contributed by atoms with Crippen LogP contribution in [0.2, 0.25) is 5.02 Å². The standard InChI is InChI=1S/C19H15ClN2O3/c1-11(12-2-4-14(5-3-12)19(24)25)21-18(23)16-9-7-13-6-8-15(20)10-17(13)22-16/h2-11H,1H3,(H,21,23)(H,24,25)/t11-/m1/s1. The van der Waals surface area contributed by atoms with E-state index in [1.807, 2.05) is 19.1 Å². The fourth-order valence-electron chi connectivity index (χ4n) is 2.49. The van der Waals surface area contributed by atoms with E-state index >= 15 is 0 Å². The van der Waals surface area contributed by atoms with E-state index in [0.717, 1.165) is 10.9 Å². The largest absolute Gasteiger partial charge is 0.478 e. The predicted octanol–water partition coefficient (Wildman–Crippen LogP) is 4.08. The van der Waals surface area contributed by atoms with Crippen molar-refractivity contribution in [2.45, 2.75) is 13.0 Å². The van der Waals surface area contributed by atoms with Gasteiger partial charge in [-0.2, -0.15) is 0 Å². The summed E-state index contributed by atoms with van der Waals surface area (Å²) in [6.07, 6.45) is 0. The highest BCUT2D eigenvalue weighted by atomic mass is 35.5. The molecule has 5 nitrogen and oxygen atoms in total. The van der Waals surface area contributed by atoms with Crippen LogP contribution >= 0.6 is 11.6 Å². The third kappa shape index (κ3) is 3.78. The maximum absolute atomic E-state index is 12.4. The fraction of sp³-hybridized carbons (Fsp3) is 0.105. The summed E-state index contributed by atoms with van der Waals surface area (Å²) >= 11 is 5.97. The second-order valence-corrected chi connectivity index (χ2v) is 6.09. The Bertz CT molecular complexity index is 955. The van der Waals surface area contributed by atoms with Gasteiger partial charge >= 0.3 is 5.97 Å². The SMILES string of the molecule is C[C@@H](NC(=O)c1ccc2ccc(Cl)cc2n1)c1ccc(C(=O)O)cc1. The molecule has 0 saturated heterocycles. The molecule has 0 spiro atoms. The molecule has 126 valence electrons. The summed E-state index contributed by atoms with van der Waals surface area (Å²) in [7, 11) is 0. The van der Waals surface area contributed by atoms with Crippen LogP contribution in [0.25, 0.3) is 10.9 Å². The number of aromatic carboxylic acids is 1. The van der Waals surface area contributed by atoms with Gasteiger partial charge in [-0.25, -0.2) is 9.78 Å². The second-order valence-electron chi connectivity index (χ2n) is 5.66. The van der Waals surface area contributed by atoms with Crippen LogP contribution in [0.4, 0.5) is 0 Å². The number of hydrogen-bond acceptors (Lipinski definition) is 3. The lowest BCUT2D eigenvalue weighted by Crippen LogP contribution is -2.27. The van der Waals surface area contributed by atoms with E-state index in [0.29, 0.717) is 16.2 Å². The minimum atomic E-state index is -0.984. The van der Waals surface area contributed by atoms with Crippen molar-refractivity contribution >= 4 is 34.4 Å². The maximum atomic E-state index is 12.4. The lowest BCUT2D eigenvalue weighted by Gasteiger charge is -2.14. The number of halogens is 1. The molecule has 0 aliphatic carbocycles. The van der Waals surface area contributed by atoms with Gasteiger partial charge in [-0.1, -0.05) is 35.9 Å². The Morgan fingerprint density at radius 1 is 1.08 bits per heavy atom. The average Bonchev–Trinajstić information content (AvgIpc) is 2.61. The molecule has 0 fully saturated rings. The number of nitrogens with one attached hydrogen (secondary N) is 1. The third-order valence-electron chi connectivity index (χ3n) is 3.89. The van der Waals surface area contributed by atoms with Crippen LogP contribution in [0.5, 0.6) is 0 Å². The van der Waals surface area contributed by atoms with E-state index in [9.17, 15) is 9.59 Å².